The van der Waals surface area contributed by atoms with Gasteiger partial charge in [0.05, 0.1) is 19.6 Å². The fraction of sp³-hybridized carbons (Fsp3) is 0.300. The number of carbonyl (C=O) groups is 2. The van der Waals surface area contributed by atoms with Gasteiger partial charge in [-0.05, 0) is 36.8 Å². The highest BCUT2D eigenvalue weighted by Crippen LogP contribution is 2.22. The predicted molar refractivity (Wildman–Crippen MR) is 96.8 cm³/mol. The summed E-state index contributed by atoms with van der Waals surface area (Å²) in [6, 6.07) is 15.1. The maximum absolute atomic E-state index is 12.2. The Hall–Kier alpha value is -2.82. The highest BCUT2D eigenvalue weighted by atomic mass is 16.5. The number of benzene rings is 2. The first-order chi connectivity index (χ1) is 12.0. The first kappa shape index (κ1) is 17.0. The lowest BCUT2D eigenvalue weighted by molar-refractivity contribution is -0.121. The van der Waals surface area contributed by atoms with Crippen LogP contribution < -0.4 is 15.0 Å². The van der Waals surface area contributed by atoms with E-state index in [0.29, 0.717) is 19.4 Å². The zero-order valence-electron chi connectivity index (χ0n) is 14.5. The van der Waals surface area contributed by atoms with E-state index in [2.05, 4.69) is 5.32 Å². The lowest BCUT2D eigenvalue weighted by atomic mass is 10.1. The van der Waals surface area contributed by atoms with Crippen LogP contribution in [0.3, 0.4) is 0 Å². The van der Waals surface area contributed by atoms with E-state index in [0.717, 1.165) is 22.6 Å². The Morgan fingerprint density at radius 1 is 1.16 bits per heavy atom. The summed E-state index contributed by atoms with van der Waals surface area (Å²) in [6.07, 6.45) is 0.626. The van der Waals surface area contributed by atoms with Crippen LogP contribution in [-0.2, 0) is 16.0 Å². The van der Waals surface area contributed by atoms with Gasteiger partial charge in [0.1, 0.15) is 5.75 Å². The van der Waals surface area contributed by atoms with E-state index in [1.807, 2.05) is 55.5 Å². The van der Waals surface area contributed by atoms with Gasteiger partial charge >= 0.3 is 0 Å². The largest absolute Gasteiger partial charge is 0.497 e. The average Bonchev–Trinajstić information content (AvgIpc) is 2.96. The van der Waals surface area contributed by atoms with Gasteiger partial charge in [-0.25, -0.2) is 0 Å². The molecule has 2 aromatic rings. The van der Waals surface area contributed by atoms with Crippen molar-refractivity contribution >= 4 is 17.5 Å². The van der Waals surface area contributed by atoms with Crippen LogP contribution in [0.1, 0.15) is 17.5 Å². The molecule has 1 aliphatic heterocycles. The average molecular weight is 338 g/mol. The summed E-state index contributed by atoms with van der Waals surface area (Å²) >= 11 is 0. The van der Waals surface area contributed by atoms with Crippen LogP contribution in [0.15, 0.2) is 48.5 Å². The number of nitrogens with zero attached hydrogens (tertiary/aromatic N) is 1. The van der Waals surface area contributed by atoms with Crippen LogP contribution >= 0.6 is 0 Å². The number of nitrogens with one attached hydrogen (secondary N) is 1. The Balaban J connectivity index is 1.57. The molecule has 5 nitrogen and oxygen atoms in total. The Morgan fingerprint density at radius 3 is 2.48 bits per heavy atom. The van der Waals surface area contributed by atoms with Gasteiger partial charge < -0.3 is 15.0 Å². The van der Waals surface area contributed by atoms with E-state index >= 15 is 0 Å². The number of rotatable bonds is 5. The van der Waals surface area contributed by atoms with E-state index in [4.69, 9.17) is 4.74 Å². The fourth-order valence-electron chi connectivity index (χ4n) is 2.99. The summed E-state index contributed by atoms with van der Waals surface area (Å²) in [4.78, 5) is 26.2. The molecule has 0 saturated carbocycles. The molecule has 5 heteroatoms. The number of anilines is 1. The smallest absolute Gasteiger partial charge is 0.229 e. The van der Waals surface area contributed by atoms with Gasteiger partial charge in [-0.15, -0.1) is 0 Å². The predicted octanol–water partition coefficient (Wildman–Crippen LogP) is 2.47. The van der Waals surface area contributed by atoms with Crippen molar-refractivity contribution in [1.82, 2.24) is 5.32 Å². The van der Waals surface area contributed by atoms with E-state index in [1.165, 1.54) is 0 Å². The molecule has 2 aromatic carbocycles. The number of aryl methyl sites for hydroxylation is 1. The standard InChI is InChI=1S/C20H22N2O3/c1-14-3-7-17(8-4-14)22-13-16(12-20(22)24)21-19(23)11-15-5-9-18(25-2)10-6-15/h3-10,16H,11-13H2,1-2H3,(H,21,23)/t16-/m0/s1. The molecule has 1 aliphatic rings. The Morgan fingerprint density at radius 2 is 1.84 bits per heavy atom. The second-order valence-electron chi connectivity index (χ2n) is 6.33. The summed E-state index contributed by atoms with van der Waals surface area (Å²) in [7, 11) is 1.61. The topological polar surface area (TPSA) is 58.6 Å². The highest BCUT2D eigenvalue weighted by molar-refractivity contribution is 5.96. The highest BCUT2D eigenvalue weighted by Gasteiger charge is 2.31. The quantitative estimate of drug-likeness (QED) is 0.911. The van der Waals surface area contributed by atoms with Crippen molar-refractivity contribution in [1.29, 1.82) is 0 Å². The van der Waals surface area contributed by atoms with Crippen LogP contribution in [0.25, 0.3) is 0 Å². The molecule has 1 atom stereocenters. The second kappa shape index (κ2) is 7.38. The molecule has 1 heterocycles. The van der Waals surface area contributed by atoms with E-state index in [1.54, 1.807) is 12.0 Å². The summed E-state index contributed by atoms with van der Waals surface area (Å²) in [6.45, 7) is 2.52. The molecule has 1 saturated heterocycles. The summed E-state index contributed by atoms with van der Waals surface area (Å²) in [5.74, 6) is 0.728. The second-order valence-corrected chi connectivity index (χ2v) is 6.33. The molecule has 0 radical (unpaired) electrons. The molecule has 0 bridgehead atoms. The van der Waals surface area contributed by atoms with Gasteiger partial charge in [0, 0.05) is 18.7 Å². The van der Waals surface area contributed by atoms with Crippen molar-refractivity contribution in [2.24, 2.45) is 0 Å². The van der Waals surface area contributed by atoms with Crippen molar-refractivity contribution in [3.63, 3.8) is 0 Å². The van der Waals surface area contributed by atoms with E-state index < -0.39 is 0 Å². The van der Waals surface area contributed by atoms with Crippen molar-refractivity contribution < 1.29 is 14.3 Å². The van der Waals surface area contributed by atoms with Crippen LogP contribution in [0, 0.1) is 6.92 Å². The number of amides is 2. The van der Waals surface area contributed by atoms with Crippen molar-refractivity contribution in [3.05, 3.63) is 59.7 Å². The molecular formula is C20H22N2O3. The molecule has 25 heavy (non-hydrogen) atoms. The molecule has 130 valence electrons. The molecule has 1 fully saturated rings. The SMILES string of the molecule is COc1ccc(CC(=O)N[C@H]2CC(=O)N(c3ccc(C)cc3)C2)cc1. The van der Waals surface area contributed by atoms with Gasteiger partial charge in [-0.3, -0.25) is 9.59 Å². The van der Waals surface area contributed by atoms with Crippen molar-refractivity contribution in [2.75, 3.05) is 18.6 Å². The van der Waals surface area contributed by atoms with Gasteiger partial charge in [0.15, 0.2) is 0 Å². The fourth-order valence-corrected chi connectivity index (χ4v) is 2.99. The molecule has 1 N–H and O–H groups in total. The summed E-state index contributed by atoms with van der Waals surface area (Å²) in [5, 5.41) is 2.96. The van der Waals surface area contributed by atoms with Gasteiger partial charge in [0.2, 0.25) is 11.8 Å². The minimum atomic E-state index is -0.153. The van der Waals surface area contributed by atoms with E-state index in [9.17, 15) is 9.59 Å². The summed E-state index contributed by atoms with van der Waals surface area (Å²) < 4.78 is 5.11. The molecule has 2 amide bonds. The van der Waals surface area contributed by atoms with Gasteiger partial charge in [-0.1, -0.05) is 29.8 Å². The van der Waals surface area contributed by atoms with Crippen molar-refractivity contribution in [3.8, 4) is 5.75 Å². The molecular weight excluding hydrogens is 316 g/mol. The minimum absolute atomic E-state index is 0.0404. The normalized spacial score (nSPS) is 16.8. The van der Waals surface area contributed by atoms with Crippen LogP contribution in [0.2, 0.25) is 0 Å². The molecule has 0 unspecified atom stereocenters. The first-order valence-electron chi connectivity index (χ1n) is 8.34. The van der Waals surface area contributed by atoms with Gasteiger partial charge in [-0.2, -0.15) is 0 Å². The zero-order chi connectivity index (χ0) is 17.8. The maximum atomic E-state index is 12.2. The monoisotopic (exact) mass is 338 g/mol. The summed E-state index contributed by atoms with van der Waals surface area (Å²) in [5.41, 5.74) is 2.94. The van der Waals surface area contributed by atoms with Crippen LogP contribution in [0.4, 0.5) is 5.69 Å². The van der Waals surface area contributed by atoms with Crippen LogP contribution in [-0.4, -0.2) is 31.5 Å². The number of carbonyl (C=O) groups excluding carboxylic acids is 2. The zero-order valence-corrected chi connectivity index (χ0v) is 14.5. The Kier molecular flexibility index (Phi) is 5.03. The molecule has 0 aliphatic carbocycles. The molecule has 0 aromatic heterocycles. The first-order valence-corrected chi connectivity index (χ1v) is 8.34. The van der Waals surface area contributed by atoms with Crippen molar-refractivity contribution in [2.45, 2.75) is 25.8 Å². The number of hydrogen-bond donors (Lipinski definition) is 1. The lowest BCUT2D eigenvalue weighted by Gasteiger charge is -2.17. The third-order valence-electron chi connectivity index (χ3n) is 4.36. The third kappa shape index (κ3) is 4.18. The maximum Gasteiger partial charge on any atom is 0.229 e. The Bertz CT molecular complexity index is 754. The lowest BCUT2D eigenvalue weighted by Crippen LogP contribution is -2.38. The van der Waals surface area contributed by atoms with E-state index in [-0.39, 0.29) is 17.9 Å². The molecule has 3 rings (SSSR count). The molecule has 0 spiro atoms. The third-order valence-corrected chi connectivity index (χ3v) is 4.36. The van der Waals surface area contributed by atoms with Crippen LogP contribution in [0.5, 0.6) is 5.75 Å². The number of ether oxygens (including phenoxy) is 1. The number of hydrogen-bond acceptors (Lipinski definition) is 3. The Labute approximate surface area is 147 Å². The van der Waals surface area contributed by atoms with Gasteiger partial charge in [0.25, 0.3) is 0 Å². The number of methoxy groups -OCH3 is 1. The minimum Gasteiger partial charge on any atom is -0.497 e.